The molecule has 1 unspecified atom stereocenters. The van der Waals surface area contributed by atoms with Gasteiger partial charge in [0, 0.05) is 27.8 Å². The van der Waals surface area contributed by atoms with Crippen molar-refractivity contribution >= 4 is 24.8 Å². The van der Waals surface area contributed by atoms with Crippen molar-refractivity contribution < 1.29 is 26.5 Å². The number of rotatable bonds is 4. The van der Waals surface area contributed by atoms with Gasteiger partial charge in [0.25, 0.3) is 0 Å². The van der Waals surface area contributed by atoms with Crippen molar-refractivity contribution in [3.05, 3.63) is 23.8 Å². The molecular formula is C11H19Cl2OTi-. The second-order valence-electron chi connectivity index (χ2n) is 3.32. The van der Waals surface area contributed by atoms with Gasteiger partial charge >= 0.3 is 0 Å². The Hall–Kier alpha value is 0.734. The Morgan fingerprint density at radius 2 is 2.00 bits per heavy atom. The number of ether oxygens (including phenoxy) is 1. The van der Waals surface area contributed by atoms with Crippen LogP contribution in [0.5, 0.6) is 0 Å². The van der Waals surface area contributed by atoms with Gasteiger partial charge < -0.3 is 4.74 Å². The van der Waals surface area contributed by atoms with E-state index < -0.39 is 0 Å². The third-order valence-electron chi connectivity index (χ3n) is 1.88. The van der Waals surface area contributed by atoms with Gasteiger partial charge in [-0.3, -0.25) is 6.08 Å². The average molecular weight is 286 g/mol. The first kappa shape index (κ1) is 21.1. The zero-order valence-electron chi connectivity index (χ0n) is 9.45. The number of hydrogen-bond donors (Lipinski definition) is 0. The molecule has 15 heavy (non-hydrogen) atoms. The molecule has 1 rings (SSSR count). The average Bonchev–Trinajstić information content (AvgIpc) is 2.51. The molecule has 88 valence electrons. The van der Waals surface area contributed by atoms with Gasteiger partial charge in [0.1, 0.15) is 0 Å². The minimum Gasteiger partial charge on any atom is -0.374 e. The summed E-state index contributed by atoms with van der Waals surface area (Å²) in [5.74, 6) is 0. The van der Waals surface area contributed by atoms with Crippen LogP contribution in [0.25, 0.3) is 0 Å². The smallest absolute Gasteiger partial charge is 0.0525 e. The molecule has 0 amide bonds. The molecular weight excluding hydrogens is 267 g/mol. The quantitative estimate of drug-likeness (QED) is 0.565. The van der Waals surface area contributed by atoms with Crippen LogP contribution in [0.1, 0.15) is 33.6 Å². The predicted octanol–water partition coefficient (Wildman–Crippen LogP) is 3.72. The van der Waals surface area contributed by atoms with Crippen molar-refractivity contribution in [3.63, 3.8) is 0 Å². The topological polar surface area (TPSA) is 9.23 Å². The summed E-state index contributed by atoms with van der Waals surface area (Å²) < 4.78 is 5.73. The molecule has 0 aromatic rings. The standard InChI is InChI=1S/C11H17O.2ClH.Ti/c1-4-11(12-9(2)3)10-7-5-6-8-10;;;/h5,7,9,11H,4,6H2,1-3H3;2*1H;/q-1;;;. The maximum atomic E-state index is 5.73. The van der Waals surface area contributed by atoms with Crippen LogP contribution in [-0.4, -0.2) is 12.2 Å². The maximum absolute atomic E-state index is 5.73. The molecule has 0 saturated heterocycles. The fourth-order valence-corrected chi connectivity index (χ4v) is 1.36. The Morgan fingerprint density at radius 3 is 2.33 bits per heavy atom. The summed E-state index contributed by atoms with van der Waals surface area (Å²) in [6, 6.07) is 0. The van der Waals surface area contributed by atoms with Gasteiger partial charge in [0.05, 0.1) is 6.10 Å². The molecule has 0 bridgehead atoms. The summed E-state index contributed by atoms with van der Waals surface area (Å²) in [6.07, 6.45) is 10.1. The van der Waals surface area contributed by atoms with Crippen molar-refractivity contribution in [3.8, 4) is 0 Å². The molecule has 0 spiro atoms. The van der Waals surface area contributed by atoms with Crippen LogP contribution < -0.4 is 0 Å². The Labute approximate surface area is 120 Å². The summed E-state index contributed by atoms with van der Waals surface area (Å²) in [7, 11) is 0. The van der Waals surface area contributed by atoms with E-state index in [9.17, 15) is 0 Å². The summed E-state index contributed by atoms with van der Waals surface area (Å²) in [5, 5.41) is 0. The van der Waals surface area contributed by atoms with Crippen LogP contribution in [0, 0.1) is 6.08 Å². The van der Waals surface area contributed by atoms with Gasteiger partial charge in [-0.1, -0.05) is 6.92 Å². The number of halogens is 2. The van der Waals surface area contributed by atoms with E-state index in [1.807, 2.05) is 0 Å². The number of hydrogen-bond acceptors (Lipinski definition) is 1. The third kappa shape index (κ3) is 7.60. The van der Waals surface area contributed by atoms with Crippen LogP contribution in [0.3, 0.4) is 0 Å². The monoisotopic (exact) mass is 285 g/mol. The fourth-order valence-electron chi connectivity index (χ4n) is 1.36. The molecule has 1 atom stereocenters. The van der Waals surface area contributed by atoms with Crippen molar-refractivity contribution in [1.29, 1.82) is 0 Å². The minimum absolute atomic E-state index is 0. The van der Waals surface area contributed by atoms with Crippen molar-refractivity contribution in [1.82, 2.24) is 0 Å². The normalized spacial score (nSPS) is 14.8. The minimum atomic E-state index is 0. The van der Waals surface area contributed by atoms with E-state index in [4.69, 9.17) is 4.74 Å². The molecule has 1 aliphatic carbocycles. The molecule has 0 heterocycles. The Kier molecular flexibility index (Phi) is 15.8. The van der Waals surface area contributed by atoms with E-state index >= 15 is 0 Å². The maximum Gasteiger partial charge on any atom is 0.0525 e. The van der Waals surface area contributed by atoms with Gasteiger partial charge in [0.15, 0.2) is 0 Å². The molecule has 0 radical (unpaired) electrons. The molecule has 4 heteroatoms. The molecule has 0 aromatic heterocycles. The Bertz CT molecular complexity index is 203. The van der Waals surface area contributed by atoms with Crippen molar-refractivity contribution in [2.24, 2.45) is 0 Å². The first-order valence-electron chi connectivity index (χ1n) is 4.66. The summed E-state index contributed by atoms with van der Waals surface area (Å²) in [6.45, 7) is 6.29. The van der Waals surface area contributed by atoms with E-state index in [2.05, 4.69) is 39.0 Å². The van der Waals surface area contributed by atoms with Crippen LogP contribution in [0.2, 0.25) is 0 Å². The Balaban J connectivity index is -0.000000480. The molecule has 1 aliphatic rings. The summed E-state index contributed by atoms with van der Waals surface area (Å²) >= 11 is 0. The van der Waals surface area contributed by atoms with Gasteiger partial charge in [-0.15, -0.1) is 31.2 Å². The van der Waals surface area contributed by atoms with E-state index in [1.165, 1.54) is 5.57 Å². The van der Waals surface area contributed by atoms with E-state index in [-0.39, 0.29) is 52.6 Å². The Morgan fingerprint density at radius 1 is 1.40 bits per heavy atom. The van der Waals surface area contributed by atoms with Crippen molar-refractivity contribution in [2.45, 2.75) is 45.8 Å². The van der Waals surface area contributed by atoms with E-state index in [1.54, 1.807) is 0 Å². The van der Waals surface area contributed by atoms with E-state index in [0.29, 0.717) is 6.10 Å². The molecule has 0 saturated carbocycles. The molecule has 0 N–H and O–H groups in total. The first-order chi connectivity index (χ1) is 5.74. The fraction of sp³-hybridized carbons (Fsp3) is 0.636. The largest absolute Gasteiger partial charge is 0.374 e. The van der Waals surface area contributed by atoms with Gasteiger partial charge in [-0.2, -0.15) is 11.6 Å². The van der Waals surface area contributed by atoms with Gasteiger partial charge in [0.2, 0.25) is 0 Å². The van der Waals surface area contributed by atoms with Crippen LogP contribution in [-0.2, 0) is 26.5 Å². The molecule has 0 fully saturated rings. The summed E-state index contributed by atoms with van der Waals surface area (Å²) in [4.78, 5) is 0. The summed E-state index contributed by atoms with van der Waals surface area (Å²) in [5.41, 5.74) is 1.23. The zero-order valence-corrected chi connectivity index (χ0v) is 12.6. The van der Waals surface area contributed by atoms with Gasteiger partial charge in [-0.25, -0.2) is 6.08 Å². The molecule has 1 nitrogen and oxygen atoms in total. The van der Waals surface area contributed by atoms with Gasteiger partial charge in [-0.05, 0) is 20.3 Å². The third-order valence-corrected chi connectivity index (χ3v) is 1.88. The SMILES string of the molecule is CCC(OC(C)C)C1=[C-]CC=C1.Cl.Cl.[Ti]. The predicted molar refractivity (Wildman–Crippen MR) is 65.3 cm³/mol. The van der Waals surface area contributed by atoms with Crippen LogP contribution >= 0.6 is 24.8 Å². The molecule has 0 aromatic carbocycles. The van der Waals surface area contributed by atoms with Crippen LogP contribution in [0.4, 0.5) is 0 Å². The van der Waals surface area contributed by atoms with Crippen LogP contribution in [0.15, 0.2) is 17.7 Å². The zero-order chi connectivity index (χ0) is 8.97. The van der Waals surface area contributed by atoms with Crippen molar-refractivity contribution in [2.75, 3.05) is 0 Å². The number of allylic oxidation sites excluding steroid dienone is 2. The second-order valence-corrected chi connectivity index (χ2v) is 3.32. The molecule has 0 aliphatic heterocycles. The second kappa shape index (κ2) is 11.2. The van der Waals surface area contributed by atoms with E-state index in [0.717, 1.165) is 12.8 Å². The first-order valence-corrected chi connectivity index (χ1v) is 4.66.